The molecule has 0 radical (unpaired) electrons. The molecule has 2 heterocycles. The summed E-state index contributed by atoms with van der Waals surface area (Å²) in [5, 5.41) is 15.0. The van der Waals surface area contributed by atoms with Gasteiger partial charge >= 0.3 is 0 Å². The van der Waals surface area contributed by atoms with Crippen LogP contribution in [0, 0.1) is 5.82 Å². The minimum Gasteiger partial charge on any atom is -0.505 e. The van der Waals surface area contributed by atoms with E-state index in [1.54, 1.807) is 18.5 Å². The zero-order valence-electron chi connectivity index (χ0n) is 13.9. The predicted octanol–water partition coefficient (Wildman–Crippen LogP) is 4.10. The Hall–Kier alpha value is -3.47. The number of rotatable bonds is 4. The summed E-state index contributed by atoms with van der Waals surface area (Å²) in [5.74, 6) is 0.507. The number of benzene rings is 2. The highest BCUT2D eigenvalue weighted by Gasteiger charge is 2.24. The number of nitrogens with zero attached hydrogens (tertiary/aromatic N) is 1. The lowest BCUT2D eigenvalue weighted by molar-refractivity contribution is -0.361. The number of aromatic nitrogens is 2. The molecule has 0 aliphatic rings. The summed E-state index contributed by atoms with van der Waals surface area (Å²) in [6.45, 7) is 0. The second-order valence-electron chi connectivity index (χ2n) is 5.99. The molecule has 5 heteroatoms. The van der Waals surface area contributed by atoms with E-state index in [4.69, 9.17) is 0 Å². The Labute approximate surface area is 150 Å². The minimum atomic E-state index is -0.448. The molecule has 128 valence electrons. The highest BCUT2D eigenvalue weighted by atomic mass is 19.1. The van der Waals surface area contributed by atoms with Crippen LogP contribution >= 0.6 is 0 Å². The van der Waals surface area contributed by atoms with Crippen LogP contribution in [0.1, 0.15) is 17.2 Å². The van der Waals surface area contributed by atoms with Crippen molar-refractivity contribution in [1.82, 2.24) is 4.98 Å². The number of anilines is 1. The van der Waals surface area contributed by atoms with Crippen LogP contribution in [0.2, 0.25) is 0 Å². The van der Waals surface area contributed by atoms with E-state index in [-0.39, 0.29) is 11.6 Å². The highest BCUT2D eigenvalue weighted by molar-refractivity contribution is 5.85. The zero-order valence-corrected chi connectivity index (χ0v) is 13.9. The van der Waals surface area contributed by atoms with Gasteiger partial charge in [-0.05, 0) is 30.3 Å². The Morgan fingerprint density at radius 3 is 2.73 bits per heavy atom. The smallest absolute Gasteiger partial charge is 0.272 e. The Kier molecular flexibility index (Phi) is 4.19. The number of phenolic OH excluding ortho intramolecular Hbond substituents is 1. The molecule has 26 heavy (non-hydrogen) atoms. The van der Waals surface area contributed by atoms with Crippen LogP contribution in [0.15, 0.2) is 79.1 Å². The number of H-pyrrole nitrogens is 1. The van der Waals surface area contributed by atoms with Crippen LogP contribution in [0.4, 0.5) is 10.2 Å². The van der Waals surface area contributed by atoms with Gasteiger partial charge in [0.25, 0.3) is 5.82 Å². The molecule has 4 nitrogen and oxygen atoms in total. The van der Waals surface area contributed by atoms with Crippen molar-refractivity contribution in [3.05, 3.63) is 96.1 Å². The first kappa shape index (κ1) is 16.0. The van der Waals surface area contributed by atoms with Crippen LogP contribution in [-0.2, 0) is 0 Å². The van der Waals surface area contributed by atoms with E-state index >= 15 is 0 Å². The highest BCUT2D eigenvalue weighted by Crippen LogP contribution is 2.36. The van der Waals surface area contributed by atoms with Crippen molar-refractivity contribution in [2.45, 2.75) is 6.04 Å². The molecule has 0 saturated carbocycles. The molecule has 4 aromatic rings. The summed E-state index contributed by atoms with van der Waals surface area (Å²) >= 11 is 0. The molecule has 0 spiro atoms. The average molecular weight is 346 g/mol. The molecule has 1 unspecified atom stereocenters. The number of aromatic amines is 1. The summed E-state index contributed by atoms with van der Waals surface area (Å²) in [5.41, 5.74) is 1.84. The minimum absolute atomic E-state index is 0.0841. The lowest BCUT2D eigenvalue weighted by Gasteiger charge is -2.17. The largest absolute Gasteiger partial charge is 0.505 e. The van der Waals surface area contributed by atoms with E-state index in [9.17, 15) is 9.50 Å². The Morgan fingerprint density at radius 2 is 1.92 bits per heavy atom. The SMILES string of the molecule is Oc1c(C(Nc2cccc[nH+]2)c2cccc(F)c2)ccc2cccnc12. The maximum atomic E-state index is 13.8. The molecule has 0 aliphatic carbocycles. The van der Waals surface area contributed by atoms with Crippen molar-refractivity contribution in [3.8, 4) is 5.75 Å². The molecule has 0 saturated heterocycles. The van der Waals surface area contributed by atoms with Gasteiger partial charge in [-0.2, -0.15) is 0 Å². The third-order valence-corrected chi connectivity index (χ3v) is 4.28. The van der Waals surface area contributed by atoms with Gasteiger partial charge in [0, 0.05) is 28.8 Å². The molecule has 4 rings (SSSR count). The average Bonchev–Trinajstić information content (AvgIpc) is 2.68. The van der Waals surface area contributed by atoms with Crippen molar-refractivity contribution in [2.24, 2.45) is 0 Å². The number of phenols is 1. The van der Waals surface area contributed by atoms with Crippen LogP contribution in [0.3, 0.4) is 0 Å². The normalized spacial score (nSPS) is 12.0. The van der Waals surface area contributed by atoms with Crippen molar-refractivity contribution in [1.29, 1.82) is 0 Å². The fourth-order valence-corrected chi connectivity index (χ4v) is 3.04. The number of fused-ring (bicyclic) bond motifs is 1. The lowest BCUT2D eigenvalue weighted by Crippen LogP contribution is -2.19. The molecule has 2 aromatic carbocycles. The fraction of sp³-hybridized carbons (Fsp3) is 0.0476. The van der Waals surface area contributed by atoms with Gasteiger partial charge in [-0.3, -0.25) is 10.3 Å². The molecule has 0 bridgehead atoms. The number of hydrogen-bond acceptors (Lipinski definition) is 3. The van der Waals surface area contributed by atoms with Gasteiger partial charge in [0.1, 0.15) is 23.1 Å². The number of nitrogens with one attached hydrogen (secondary N) is 2. The molecule has 3 N–H and O–H groups in total. The van der Waals surface area contributed by atoms with E-state index < -0.39 is 6.04 Å². The summed E-state index contributed by atoms with van der Waals surface area (Å²) in [6, 6.07) is 19.0. The van der Waals surface area contributed by atoms with Crippen molar-refractivity contribution in [2.75, 3.05) is 5.32 Å². The molecule has 0 aliphatic heterocycles. The summed E-state index contributed by atoms with van der Waals surface area (Å²) in [7, 11) is 0. The van der Waals surface area contributed by atoms with E-state index in [1.807, 2.05) is 48.5 Å². The maximum absolute atomic E-state index is 13.8. The number of aromatic hydroxyl groups is 1. The first-order valence-electron chi connectivity index (χ1n) is 8.28. The predicted molar refractivity (Wildman–Crippen MR) is 98.3 cm³/mol. The molecule has 0 fully saturated rings. The van der Waals surface area contributed by atoms with Crippen molar-refractivity contribution < 1.29 is 14.5 Å². The van der Waals surface area contributed by atoms with Gasteiger partial charge in [0.05, 0.1) is 6.20 Å². The van der Waals surface area contributed by atoms with Gasteiger partial charge in [-0.25, -0.2) is 9.37 Å². The monoisotopic (exact) mass is 346 g/mol. The van der Waals surface area contributed by atoms with E-state index in [2.05, 4.69) is 15.3 Å². The molecule has 0 amide bonds. The van der Waals surface area contributed by atoms with Crippen LogP contribution in [0.5, 0.6) is 5.75 Å². The van der Waals surface area contributed by atoms with Gasteiger partial charge < -0.3 is 5.11 Å². The van der Waals surface area contributed by atoms with Crippen LogP contribution in [0.25, 0.3) is 10.9 Å². The number of hydrogen-bond donors (Lipinski definition) is 2. The second-order valence-corrected chi connectivity index (χ2v) is 5.99. The number of pyridine rings is 2. The zero-order chi connectivity index (χ0) is 17.9. The summed E-state index contributed by atoms with van der Waals surface area (Å²) < 4.78 is 13.8. The Balaban J connectivity index is 1.86. The van der Waals surface area contributed by atoms with Crippen LogP contribution in [-0.4, -0.2) is 10.1 Å². The van der Waals surface area contributed by atoms with Crippen molar-refractivity contribution >= 4 is 16.7 Å². The van der Waals surface area contributed by atoms with Crippen LogP contribution < -0.4 is 10.3 Å². The van der Waals surface area contributed by atoms with E-state index in [1.165, 1.54) is 12.1 Å². The van der Waals surface area contributed by atoms with Crippen molar-refractivity contribution in [3.63, 3.8) is 0 Å². The fourth-order valence-electron chi connectivity index (χ4n) is 3.04. The molecule has 1 atom stereocenters. The third kappa shape index (κ3) is 3.07. The quantitative estimate of drug-likeness (QED) is 0.585. The standard InChI is InChI=1S/C21H16FN3O/c22-16-7-3-5-15(13-16)19(25-18-8-1-2-11-23-18)17-10-9-14-6-4-12-24-20(14)21(17)26/h1-13,19,26H,(H,23,25)/p+1. The first-order chi connectivity index (χ1) is 12.7. The van der Waals surface area contributed by atoms with Gasteiger partial charge in [-0.1, -0.05) is 30.3 Å². The molecular weight excluding hydrogens is 329 g/mol. The summed E-state index contributed by atoms with van der Waals surface area (Å²) in [4.78, 5) is 7.39. The number of halogens is 1. The van der Waals surface area contributed by atoms with E-state index in [0.29, 0.717) is 16.6 Å². The topological polar surface area (TPSA) is 59.3 Å². The molecular formula is C21H17FN3O+. The molecule has 2 aromatic heterocycles. The maximum Gasteiger partial charge on any atom is 0.272 e. The second kappa shape index (κ2) is 6.80. The van der Waals surface area contributed by atoms with E-state index in [0.717, 1.165) is 11.2 Å². The van der Waals surface area contributed by atoms with Gasteiger partial charge in [0.15, 0.2) is 0 Å². The third-order valence-electron chi connectivity index (χ3n) is 4.28. The van der Waals surface area contributed by atoms with Gasteiger partial charge in [-0.15, -0.1) is 0 Å². The lowest BCUT2D eigenvalue weighted by atomic mass is 9.96. The Morgan fingerprint density at radius 1 is 1.00 bits per heavy atom. The summed E-state index contributed by atoms with van der Waals surface area (Å²) in [6.07, 6.45) is 3.44. The van der Waals surface area contributed by atoms with Gasteiger partial charge in [0.2, 0.25) is 0 Å². The first-order valence-corrected chi connectivity index (χ1v) is 8.28. The Bertz CT molecular complexity index is 1050.